The SMILES string of the molecule is CB1c2cc3c(cc2-c2ccc4ccccc4c21)[B]c1ccccc1-3. The molecule has 0 nitrogen and oxygen atoms in total. The van der Waals surface area contributed by atoms with E-state index in [4.69, 9.17) is 0 Å². The van der Waals surface area contributed by atoms with E-state index in [0.717, 1.165) is 0 Å². The summed E-state index contributed by atoms with van der Waals surface area (Å²) in [6.45, 7) is 2.79. The Morgan fingerprint density at radius 1 is 0.680 bits per heavy atom. The van der Waals surface area contributed by atoms with Gasteiger partial charge >= 0.3 is 0 Å². The van der Waals surface area contributed by atoms with Gasteiger partial charge in [-0.3, -0.25) is 0 Å². The summed E-state index contributed by atoms with van der Waals surface area (Å²) < 4.78 is 0. The first kappa shape index (κ1) is 13.5. The zero-order chi connectivity index (χ0) is 16.5. The van der Waals surface area contributed by atoms with Crippen LogP contribution in [-0.2, 0) is 0 Å². The summed E-state index contributed by atoms with van der Waals surface area (Å²) in [5.41, 5.74) is 11.2. The Morgan fingerprint density at radius 3 is 2.48 bits per heavy atom. The van der Waals surface area contributed by atoms with Crippen molar-refractivity contribution in [3.05, 3.63) is 72.8 Å². The number of hydrogen-bond acceptors (Lipinski definition) is 0. The van der Waals surface area contributed by atoms with E-state index in [1.165, 1.54) is 54.9 Å². The first-order valence-corrected chi connectivity index (χ1v) is 8.95. The van der Waals surface area contributed by atoms with Crippen LogP contribution in [0.2, 0.25) is 6.82 Å². The molecule has 4 aromatic carbocycles. The fourth-order valence-corrected chi connectivity index (χ4v) is 4.77. The van der Waals surface area contributed by atoms with Crippen LogP contribution in [0.15, 0.2) is 72.8 Å². The van der Waals surface area contributed by atoms with E-state index >= 15 is 0 Å². The lowest BCUT2D eigenvalue weighted by Crippen LogP contribution is -2.35. The second-order valence-corrected chi connectivity index (χ2v) is 7.23. The van der Waals surface area contributed by atoms with Gasteiger partial charge in [0.25, 0.3) is 0 Å². The Hall–Kier alpha value is -2.73. The number of fused-ring (bicyclic) bond motifs is 8. The van der Waals surface area contributed by atoms with Crippen LogP contribution in [0, 0.1) is 0 Å². The highest BCUT2D eigenvalue weighted by Crippen LogP contribution is 2.30. The Bertz CT molecular complexity index is 1190. The van der Waals surface area contributed by atoms with E-state index in [2.05, 4.69) is 86.9 Å². The highest BCUT2D eigenvalue weighted by Gasteiger charge is 2.32. The smallest absolute Gasteiger partial charge is 0.0773 e. The van der Waals surface area contributed by atoms with Gasteiger partial charge in [0, 0.05) is 0 Å². The fraction of sp³-hybridized carbons (Fsp3) is 0.0435. The van der Waals surface area contributed by atoms with Crippen LogP contribution in [0.1, 0.15) is 0 Å². The molecule has 0 atom stereocenters. The molecule has 0 N–H and O–H groups in total. The molecule has 2 heterocycles. The largest absolute Gasteiger partial charge is 0.208 e. The molecular formula is C23H15B2. The van der Waals surface area contributed by atoms with Gasteiger partial charge in [0.1, 0.15) is 0 Å². The minimum absolute atomic E-state index is 0.439. The average Bonchev–Trinajstić information content (AvgIpc) is 3.16. The topological polar surface area (TPSA) is 0 Å². The Labute approximate surface area is 148 Å². The van der Waals surface area contributed by atoms with E-state index in [1.807, 2.05) is 0 Å². The lowest BCUT2D eigenvalue weighted by Gasteiger charge is -2.08. The van der Waals surface area contributed by atoms with Gasteiger partial charge in [0.05, 0.1) is 0 Å². The van der Waals surface area contributed by atoms with Crippen LogP contribution < -0.4 is 21.9 Å². The zero-order valence-electron chi connectivity index (χ0n) is 14.1. The van der Waals surface area contributed by atoms with Crippen molar-refractivity contribution in [2.45, 2.75) is 6.82 Å². The Balaban J connectivity index is 1.64. The maximum absolute atomic E-state index is 2.44. The number of benzene rings is 4. The second kappa shape index (κ2) is 4.67. The third-order valence-corrected chi connectivity index (χ3v) is 5.94. The summed E-state index contributed by atoms with van der Waals surface area (Å²) in [5.74, 6) is 0. The van der Waals surface area contributed by atoms with Crippen molar-refractivity contribution in [3.8, 4) is 22.3 Å². The Kier molecular flexibility index (Phi) is 2.53. The van der Waals surface area contributed by atoms with Gasteiger partial charge in [0.15, 0.2) is 7.28 Å². The minimum Gasteiger partial charge on any atom is -0.0773 e. The standard InChI is InChI=1S/C23H15B2/c1-25-22-13-18-16-8-4-5-9-20(16)24-21(18)12-19(22)17-11-10-14-6-2-3-7-15(14)23(17)25/h2-13H,1H3. The van der Waals surface area contributed by atoms with Crippen molar-refractivity contribution in [3.63, 3.8) is 0 Å². The lowest BCUT2D eigenvalue weighted by molar-refractivity contribution is 1.72. The van der Waals surface area contributed by atoms with Crippen LogP contribution >= 0.6 is 0 Å². The van der Waals surface area contributed by atoms with Crippen molar-refractivity contribution in [1.29, 1.82) is 0 Å². The van der Waals surface area contributed by atoms with E-state index in [9.17, 15) is 0 Å². The quantitative estimate of drug-likeness (QED) is 0.386. The van der Waals surface area contributed by atoms with Gasteiger partial charge < -0.3 is 0 Å². The fourth-order valence-electron chi connectivity index (χ4n) is 4.77. The van der Waals surface area contributed by atoms with Crippen molar-refractivity contribution >= 4 is 46.6 Å². The van der Waals surface area contributed by atoms with Gasteiger partial charge in [-0.25, -0.2) is 0 Å². The van der Waals surface area contributed by atoms with Crippen LogP contribution in [0.25, 0.3) is 33.0 Å². The zero-order valence-corrected chi connectivity index (χ0v) is 14.1. The highest BCUT2D eigenvalue weighted by molar-refractivity contribution is 6.90. The molecule has 1 radical (unpaired) electrons. The molecule has 0 bridgehead atoms. The van der Waals surface area contributed by atoms with Crippen molar-refractivity contribution < 1.29 is 0 Å². The third-order valence-electron chi connectivity index (χ3n) is 5.94. The molecule has 0 fully saturated rings. The molecule has 2 heteroatoms. The minimum atomic E-state index is 0.439. The molecule has 2 aliphatic heterocycles. The van der Waals surface area contributed by atoms with Crippen LogP contribution in [0.3, 0.4) is 0 Å². The van der Waals surface area contributed by atoms with Gasteiger partial charge in [0.2, 0.25) is 6.71 Å². The normalized spacial score (nSPS) is 13.2. The highest BCUT2D eigenvalue weighted by atomic mass is 14.2. The van der Waals surface area contributed by atoms with E-state index in [-0.39, 0.29) is 0 Å². The summed E-state index contributed by atoms with van der Waals surface area (Å²) >= 11 is 0. The molecule has 0 saturated heterocycles. The molecule has 0 aromatic heterocycles. The van der Waals surface area contributed by atoms with Crippen LogP contribution in [0.4, 0.5) is 0 Å². The first-order chi connectivity index (χ1) is 12.3. The van der Waals surface area contributed by atoms with Crippen LogP contribution in [0.5, 0.6) is 0 Å². The van der Waals surface area contributed by atoms with Crippen molar-refractivity contribution in [1.82, 2.24) is 0 Å². The maximum Gasteiger partial charge on any atom is 0.208 e. The lowest BCUT2D eigenvalue weighted by atomic mass is 9.44. The van der Waals surface area contributed by atoms with Gasteiger partial charge in [-0.15, -0.1) is 0 Å². The van der Waals surface area contributed by atoms with Crippen molar-refractivity contribution in [2.75, 3.05) is 0 Å². The predicted molar refractivity (Wildman–Crippen MR) is 111 cm³/mol. The second-order valence-electron chi connectivity index (χ2n) is 7.23. The molecule has 4 aromatic rings. The molecule has 25 heavy (non-hydrogen) atoms. The average molecular weight is 313 g/mol. The molecule has 0 amide bonds. The predicted octanol–water partition coefficient (Wildman–Crippen LogP) is 2.69. The molecule has 113 valence electrons. The molecular weight excluding hydrogens is 298 g/mol. The molecule has 6 rings (SSSR count). The monoisotopic (exact) mass is 313 g/mol. The van der Waals surface area contributed by atoms with Gasteiger partial charge in [-0.05, 0) is 33.0 Å². The molecule has 0 saturated carbocycles. The summed E-state index contributed by atoms with van der Waals surface area (Å²) in [6.07, 6.45) is 0. The number of hydrogen-bond donors (Lipinski definition) is 0. The maximum atomic E-state index is 2.44. The van der Waals surface area contributed by atoms with E-state index in [0.29, 0.717) is 6.71 Å². The van der Waals surface area contributed by atoms with Gasteiger partial charge in [-0.2, -0.15) is 0 Å². The van der Waals surface area contributed by atoms with Gasteiger partial charge in [-0.1, -0.05) is 101 Å². The molecule has 0 aliphatic carbocycles. The molecule has 0 spiro atoms. The van der Waals surface area contributed by atoms with E-state index in [1.54, 1.807) is 0 Å². The summed E-state index contributed by atoms with van der Waals surface area (Å²) in [6, 6.07) is 26.9. The summed E-state index contributed by atoms with van der Waals surface area (Å²) in [5, 5.41) is 2.73. The Morgan fingerprint density at radius 2 is 1.52 bits per heavy atom. The van der Waals surface area contributed by atoms with Crippen molar-refractivity contribution in [2.24, 2.45) is 0 Å². The first-order valence-electron chi connectivity index (χ1n) is 8.95. The molecule has 2 aliphatic rings. The molecule has 0 unspecified atom stereocenters. The third kappa shape index (κ3) is 1.69. The van der Waals surface area contributed by atoms with Crippen LogP contribution in [-0.4, -0.2) is 14.0 Å². The number of rotatable bonds is 0. The van der Waals surface area contributed by atoms with E-state index < -0.39 is 0 Å². The summed E-state index contributed by atoms with van der Waals surface area (Å²) in [7, 11) is 2.33. The summed E-state index contributed by atoms with van der Waals surface area (Å²) in [4.78, 5) is 0.